The molecule has 5 nitrogen and oxygen atoms in total. The first-order valence-electron chi connectivity index (χ1n) is 8.25. The standard InChI is InChI=1S/C20H19N3O2S/c24-19(13-14-21-20(25)18-12-7-15-26-18)22-23(16-8-3-1-4-9-16)17-10-5-2-6-11-17/h1-12,15H,13-14H2,(H,21,25)(H,22,24). The molecule has 0 atom stereocenters. The van der Waals surface area contributed by atoms with Gasteiger partial charge in [0.25, 0.3) is 5.91 Å². The topological polar surface area (TPSA) is 61.4 Å². The molecule has 26 heavy (non-hydrogen) atoms. The lowest BCUT2D eigenvalue weighted by atomic mass is 10.2. The maximum absolute atomic E-state index is 12.4. The number of rotatable bonds is 7. The van der Waals surface area contributed by atoms with Crippen LogP contribution in [0.4, 0.5) is 11.4 Å². The number of carbonyl (C=O) groups is 2. The second kappa shape index (κ2) is 8.82. The van der Waals surface area contributed by atoms with Crippen LogP contribution in [0.15, 0.2) is 78.2 Å². The highest BCUT2D eigenvalue weighted by Gasteiger charge is 2.13. The molecule has 0 fully saturated rings. The molecule has 3 aromatic rings. The van der Waals surface area contributed by atoms with Crippen LogP contribution in [0.5, 0.6) is 0 Å². The molecule has 3 rings (SSSR count). The maximum atomic E-state index is 12.4. The number of benzene rings is 2. The first-order chi connectivity index (χ1) is 12.7. The molecule has 0 spiro atoms. The van der Waals surface area contributed by atoms with Gasteiger partial charge in [0.05, 0.1) is 16.3 Å². The van der Waals surface area contributed by atoms with Gasteiger partial charge in [0.15, 0.2) is 0 Å². The third-order valence-electron chi connectivity index (χ3n) is 3.65. The lowest BCUT2D eigenvalue weighted by Gasteiger charge is -2.25. The molecule has 132 valence electrons. The zero-order valence-corrected chi connectivity index (χ0v) is 14.9. The van der Waals surface area contributed by atoms with E-state index in [1.807, 2.05) is 72.1 Å². The van der Waals surface area contributed by atoms with Gasteiger partial charge in [0, 0.05) is 13.0 Å². The Hall–Kier alpha value is -3.12. The smallest absolute Gasteiger partial charge is 0.261 e. The Balaban J connectivity index is 1.60. The van der Waals surface area contributed by atoms with Crippen LogP contribution in [0, 0.1) is 0 Å². The van der Waals surface area contributed by atoms with E-state index in [-0.39, 0.29) is 24.8 Å². The Morgan fingerprint density at radius 1 is 0.846 bits per heavy atom. The first-order valence-corrected chi connectivity index (χ1v) is 9.13. The van der Waals surface area contributed by atoms with Crippen molar-refractivity contribution < 1.29 is 9.59 Å². The van der Waals surface area contributed by atoms with Gasteiger partial charge in [-0.25, -0.2) is 0 Å². The molecule has 0 unspecified atom stereocenters. The van der Waals surface area contributed by atoms with Gasteiger partial charge in [-0.15, -0.1) is 11.3 Å². The van der Waals surface area contributed by atoms with Crippen LogP contribution in [-0.4, -0.2) is 18.4 Å². The van der Waals surface area contributed by atoms with E-state index in [4.69, 9.17) is 0 Å². The number of nitrogens with zero attached hydrogens (tertiary/aromatic N) is 1. The SMILES string of the molecule is O=C(CCNC(=O)c1cccs1)NN(c1ccccc1)c1ccccc1. The highest BCUT2D eigenvalue weighted by atomic mass is 32.1. The van der Waals surface area contributed by atoms with Gasteiger partial charge < -0.3 is 5.32 Å². The number of hydrogen-bond donors (Lipinski definition) is 2. The molecule has 2 aromatic carbocycles. The van der Waals surface area contributed by atoms with E-state index in [0.29, 0.717) is 4.88 Å². The van der Waals surface area contributed by atoms with Gasteiger partial charge in [0.1, 0.15) is 0 Å². The fraction of sp³-hybridized carbons (Fsp3) is 0.100. The summed E-state index contributed by atoms with van der Waals surface area (Å²) in [6.45, 7) is 0.278. The van der Waals surface area contributed by atoms with Crippen LogP contribution in [0.3, 0.4) is 0 Å². The lowest BCUT2D eigenvalue weighted by molar-refractivity contribution is -0.120. The van der Waals surface area contributed by atoms with Crippen molar-refractivity contribution in [2.45, 2.75) is 6.42 Å². The highest BCUT2D eigenvalue weighted by Crippen LogP contribution is 2.22. The zero-order valence-electron chi connectivity index (χ0n) is 14.1. The molecule has 0 aliphatic heterocycles. The maximum Gasteiger partial charge on any atom is 0.261 e. The summed E-state index contributed by atoms with van der Waals surface area (Å²) in [5.74, 6) is -0.333. The van der Waals surface area contributed by atoms with Crippen molar-refractivity contribution >= 4 is 34.5 Å². The molecular weight excluding hydrogens is 346 g/mol. The van der Waals surface area contributed by atoms with Gasteiger partial charge in [-0.05, 0) is 35.7 Å². The monoisotopic (exact) mass is 365 g/mol. The third kappa shape index (κ3) is 4.70. The van der Waals surface area contributed by atoms with Gasteiger partial charge in [-0.3, -0.25) is 20.0 Å². The Morgan fingerprint density at radius 2 is 1.46 bits per heavy atom. The van der Waals surface area contributed by atoms with Crippen molar-refractivity contribution in [3.8, 4) is 0 Å². The number of para-hydroxylation sites is 2. The Morgan fingerprint density at radius 3 is 2.00 bits per heavy atom. The molecule has 0 aliphatic carbocycles. The number of thiophene rings is 1. The molecule has 0 radical (unpaired) electrons. The summed E-state index contributed by atoms with van der Waals surface area (Å²) in [5, 5.41) is 6.35. The molecule has 6 heteroatoms. The van der Waals surface area contributed by atoms with Crippen LogP contribution in [0.25, 0.3) is 0 Å². The summed E-state index contributed by atoms with van der Waals surface area (Å²) in [6, 6.07) is 22.8. The van der Waals surface area contributed by atoms with Crippen LogP contribution in [-0.2, 0) is 4.79 Å². The van der Waals surface area contributed by atoms with Gasteiger partial charge >= 0.3 is 0 Å². The number of anilines is 2. The van der Waals surface area contributed by atoms with E-state index in [2.05, 4.69) is 10.7 Å². The summed E-state index contributed by atoms with van der Waals surface area (Å²) in [6.07, 6.45) is 0.188. The molecule has 1 aromatic heterocycles. The Bertz CT molecular complexity index is 797. The van der Waals surface area contributed by atoms with E-state index in [9.17, 15) is 9.59 Å². The molecule has 2 N–H and O–H groups in total. The quantitative estimate of drug-likeness (QED) is 0.627. The van der Waals surface area contributed by atoms with E-state index in [0.717, 1.165) is 11.4 Å². The average molecular weight is 365 g/mol. The summed E-state index contributed by atoms with van der Waals surface area (Å²) in [4.78, 5) is 24.9. The molecule has 0 saturated carbocycles. The predicted molar refractivity (Wildman–Crippen MR) is 104 cm³/mol. The highest BCUT2D eigenvalue weighted by molar-refractivity contribution is 7.12. The van der Waals surface area contributed by atoms with Crippen LogP contribution < -0.4 is 15.8 Å². The van der Waals surface area contributed by atoms with Gasteiger partial charge in [0.2, 0.25) is 5.91 Å². The van der Waals surface area contributed by atoms with E-state index < -0.39 is 0 Å². The number of carbonyl (C=O) groups excluding carboxylic acids is 2. The van der Waals surface area contributed by atoms with Crippen molar-refractivity contribution in [1.29, 1.82) is 0 Å². The van der Waals surface area contributed by atoms with Gasteiger partial charge in [-0.1, -0.05) is 42.5 Å². The van der Waals surface area contributed by atoms with Crippen LogP contribution in [0.1, 0.15) is 16.1 Å². The van der Waals surface area contributed by atoms with E-state index in [1.165, 1.54) is 11.3 Å². The molecular formula is C20H19N3O2S. The number of hydrazine groups is 1. The third-order valence-corrected chi connectivity index (χ3v) is 4.52. The molecule has 1 heterocycles. The van der Waals surface area contributed by atoms with Crippen molar-refractivity contribution in [2.24, 2.45) is 0 Å². The van der Waals surface area contributed by atoms with Crippen molar-refractivity contribution in [2.75, 3.05) is 11.6 Å². The fourth-order valence-electron chi connectivity index (χ4n) is 2.40. The normalized spacial score (nSPS) is 10.2. The average Bonchev–Trinajstić information content (AvgIpc) is 3.22. The van der Waals surface area contributed by atoms with Gasteiger partial charge in [-0.2, -0.15) is 0 Å². The summed E-state index contributed by atoms with van der Waals surface area (Å²) < 4.78 is 0. The largest absolute Gasteiger partial charge is 0.351 e. The molecule has 2 amide bonds. The summed E-state index contributed by atoms with van der Waals surface area (Å²) >= 11 is 1.37. The van der Waals surface area contributed by atoms with Crippen molar-refractivity contribution in [1.82, 2.24) is 10.7 Å². The molecule has 0 saturated heterocycles. The lowest BCUT2D eigenvalue weighted by Crippen LogP contribution is -2.40. The minimum atomic E-state index is -0.177. The number of amides is 2. The minimum Gasteiger partial charge on any atom is -0.351 e. The van der Waals surface area contributed by atoms with E-state index in [1.54, 1.807) is 11.1 Å². The second-order valence-electron chi connectivity index (χ2n) is 5.52. The van der Waals surface area contributed by atoms with Crippen LogP contribution >= 0.6 is 11.3 Å². The molecule has 0 bridgehead atoms. The number of hydrogen-bond acceptors (Lipinski definition) is 4. The fourth-order valence-corrected chi connectivity index (χ4v) is 3.04. The Labute approximate surface area is 156 Å². The minimum absolute atomic E-state index is 0.157. The number of nitrogens with one attached hydrogen (secondary N) is 2. The van der Waals surface area contributed by atoms with E-state index >= 15 is 0 Å². The molecule has 0 aliphatic rings. The summed E-state index contributed by atoms with van der Waals surface area (Å²) in [5.41, 5.74) is 4.62. The summed E-state index contributed by atoms with van der Waals surface area (Å²) in [7, 11) is 0. The van der Waals surface area contributed by atoms with Crippen molar-refractivity contribution in [3.63, 3.8) is 0 Å². The Kier molecular flexibility index (Phi) is 6.01. The first kappa shape index (κ1) is 17.7. The second-order valence-corrected chi connectivity index (χ2v) is 6.47. The zero-order chi connectivity index (χ0) is 18.2. The van der Waals surface area contributed by atoms with Crippen LogP contribution in [0.2, 0.25) is 0 Å². The van der Waals surface area contributed by atoms with Crippen molar-refractivity contribution in [3.05, 3.63) is 83.1 Å². The predicted octanol–water partition coefficient (Wildman–Crippen LogP) is 3.74.